The van der Waals surface area contributed by atoms with Gasteiger partial charge < -0.3 is 15.6 Å². The molecule has 1 aliphatic rings. The lowest BCUT2D eigenvalue weighted by atomic mass is 10.0. The highest BCUT2D eigenvalue weighted by molar-refractivity contribution is 7.16. The number of nitrogens with one attached hydrogen (secondary N) is 1. The summed E-state index contributed by atoms with van der Waals surface area (Å²) in [7, 11) is 0. The van der Waals surface area contributed by atoms with Crippen molar-refractivity contribution in [3.05, 3.63) is 89.7 Å². The number of aromatic nitrogens is 4. The van der Waals surface area contributed by atoms with Gasteiger partial charge in [0.05, 0.1) is 27.7 Å². The molecule has 1 saturated heterocycles. The highest BCUT2D eigenvalue weighted by atomic mass is 32.1. The van der Waals surface area contributed by atoms with Crippen molar-refractivity contribution in [3.63, 3.8) is 0 Å². The Labute approximate surface area is 225 Å². The Morgan fingerprint density at radius 1 is 1.11 bits per heavy atom. The number of piperidine rings is 1. The molecule has 2 aromatic carbocycles. The minimum Gasteiger partial charge on any atom is -0.327 e. The third-order valence-electron chi connectivity index (χ3n) is 6.85. The number of pyridine rings is 1. The van der Waals surface area contributed by atoms with E-state index in [1.54, 1.807) is 23.9 Å². The van der Waals surface area contributed by atoms with Gasteiger partial charge in [0.25, 0.3) is 5.91 Å². The van der Waals surface area contributed by atoms with Gasteiger partial charge in [0.1, 0.15) is 5.69 Å². The topological polar surface area (TPSA) is 102 Å². The number of carbonyl (C=O) groups excluding carboxylic acids is 1. The summed E-state index contributed by atoms with van der Waals surface area (Å²) in [5, 5.41) is 3.08. The van der Waals surface area contributed by atoms with Gasteiger partial charge >= 0.3 is 0 Å². The highest BCUT2D eigenvalue weighted by Gasteiger charge is 2.18. The van der Waals surface area contributed by atoms with Gasteiger partial charge in [0, 0.05) is 42.9 Å². The predicted octanol–water partition coefficient (Wildman–Crippen LogP) is 5.03. The van der Waals surface area contributed by atoms with E-state index in [0.29, 0.717) is 11.4 Å². The number of benzene rings is 2. The second-order valence-corrected chi connectivity index (χ2v) is 10.8. The van der Waals surface area contributed by atoms with Crippen LogP contribution in [0.25, 0.3) is 27.0 Å². The Hall–Kier alpha value is -3.92. The van der Waals surface area contributed by atoms with Crippen LogP contribution in [0.4, 0.5) is 5.69 Å². The van der Waals surface area contributed by atoms with Crippen LogP contribution in [0.3, 0.4) is 0 Å². The van der Waals surface area contributed by atoms with Crippen molar-refractivity contribution in [1.29, 1.82) is 0 Å². The van der Waals surface area contributed by atoms with Crippen molar-refractivity contribution >= 4 is 33.1 Å². The van der Waals surface area contributed by atoms with Gasteiger partial charge in [0.15, 0.2) is 0 Å². The first-order valence-electron chi connectivity index (χ1n) is 12.7. The average Bonchev–Trinajstić information content (AvgIpc) is 3.57. The van der Waals surface area contributed by atoms with E-state index in [0.717, 1.165) is 70.8 Å². The van der Waals surface area contributed by atoms with E-state index in [2.05, 4.69) is 37.3 Å². The molecular formula is C29H29N7OS. The molecule has 8 nitrogen and oxygen atoms in total. The fraction of sp³-hybridized carbons (Fsp3) is 0.241. The molecule has 9 heteroatoms. The van der Waals surface area contributed by atoms with Crippen molar-refractivity contribution in [1.82, 2.24) is 24.4 Å². The maximum Gasteiger partial charge on any atom is 0.274 e. The van der Waals surface area contributed by atoms with E-state index >= 15 is 0 Å². The summed E-state index contributed by atoms with van der Waals surface area (Å²) >= 11 is 1.61. The smallest absolute Gasteiger partial charge is 0.274 e. The van der Waals surface area contributed by atoms with E-state index in [9.17, 15) is 4.79 Å². The van der Waals surface area contributed by atoms with Crippen LogP contribution < -0.4 is 11.1 Å². The number of aryl methyl sites for hydroxylation is 1. The van der Waals surface area contributed by atoms with Gasteiger partial charge in [-0.15, -0.1) is 11.3 Å². The molecule has 1 amide bonds. The lowest BCUT2D eigenvalue weighted by molar-refractivity contribution is 0.102. The fourth-order valence-electron chi connectivity index (χ4n) is 5.01. The van der Waals surface area contributed by atoms with Crippen LogP contribution in [0.15, 0.2) is 72.8 Å². The summed E-state index contributed by atoms with van der Waals surface area (Å²) < 4.78 is 3.11. The quantitative estimate of drug-likeness (QED) is 0.324. The lowest BCUT2D eigenvalue weighted by Crippen LogP contribution is -2.42. The Kier molecular flexibility index (Phi) is 6.71. The molecule has 4 heterocycles. The molecule has 1 aliphatic heterocycles. The normalized spacial score (nSPS) is 16.1. The number of likely N-dealkylation sites (tertiary alicyclic amines) is 1. The van der Waals surface area contributed by atoms with E-state index in [1.807, 2.05) is 59.6 Å². The first-order valence-corrected chi connectivity index (χ1v) is 13.6. The molecule has 3 N–H and O–H groups in total. The molecule has 6 rings (SSSR count). The Morgan fingerprint density at radius 2 is 2.00 bits per heavy atom. The van der Waals surface area contributed by atoms with Gasteiger partial charge in [-0.3, -0.25) is 14.7 Å². The van der Waals surface area contributed by atoms with E-state index in [4.69, 9.17) is 5.73 Å². The Morgan fingerprint density at radius 3 is 2.84 bits per heavy atom. The maximum atomic E-state index is 13.3. The van der Waals surface area contributed by atoms with Crippen molar-refractivity contribution in [3.8, 4) is 16.8 Å². The number of imidazole rings is 1. The van der Waals surface area contributed by atoms with Crippen LogP contribution in [0.5, 0.6) is 0 Å². The lowest BCUT2D eigenvalue weighted by Gasteiger charge is -2.30. The number of thiazole rings is 1. The SMILES string of the molecule is Cc1cn(-c2cc(CN3CCCC(N)C3)cc(NC(=O)c3cc(-c4ccc5scnc5c4)ccn3)c2)cn1. The van der Waals surface area contributed by atoms with Crippen molar-refractivity contribution < 1.29 is 4.79 Å². The third kappa shape index (κ3) is 5.35. The monoisotopic (exact) mass is 523 g/mol. The second kappa shape index (κ2) is 10.4. The summed E-state index contributed by atoms with van der Waals surface area (Å²) in [4.78, 5) is 28.9. The van der Waals surface area contributed by atoms with Crippen molar-refractivity contribution in [2.75, 3.05) is 18.4 Å². The fourth-order valence-corrected chi connectivity index (χ4v) is 5.67. The minimum atomic E-state index is -0.258. The standard InChI is InChI=1S/C29H29N7OS/c1-19-14-36(17-32-19)25-10-20(15-35-8-2-3-23(30)16-35)9-24(13-25)34-29(37)27-12-22(6-7-31-27)21-4-5-28-26(11-21)33-18-38-28/h4-7,9-14,17-18,23H,2-3,8,15-16,30H2,1H3,(H,34,37). The molecule has 0 spiro atoms. The van der Waals surface area contributed by atoms with Gasteiger partial charge in [-0.05, 0) is 85.5 Å². The number of amides is 1. The number of anilines is 1. The van der Waals surface area contributed by atoms with Crippen LogP contribution in [0.1, 0.15) is 34.6 Å². The summed E-state index contributed by atoms with van der Waals surface area (Å²) in [6.07, 6.45) is 7.61. The molecule has 3 aromatic heterocycles. The molecule has 0 radical (unpaired) electrons. The first-order chi connectivity index (χ1) is 18.5. The summed E-state index contributed by atoms with van der Waals surface area (Å²) in [5.41, 5.74) is 15.0. The molecular weight excluding hydrogens is 494 g/mol. The molecule has 1 fully saturated rings. The van der Waals surface area contributed by atoms with Crippen LogP contribution in [0, 0.1) is 6.92 Å². The molecule has 0 saturated carbocycles. The number of hydrogen-bond acceptors (Lipinski definition) is 7. The van der Waals surface area contributed by atoms with Crippen LogP contribution in [-0.4, -0.2) is 49.5 Å². The zero-order valence-corrected chi connectivity index (χ0v) is 22.0. The number of hydrogen-bond donors (Lipinski definition) is 2. The molecule has 0 bridgehead atoms. The predicted molar refractivity (Wildman–Crippen MR) is 152 cm³/mol. The number of fused-ring (bicyclic) bond motifs is 1. The molecule has 0 aliphatic carbocycles. The number of rotatable bonds is 6. The Bertz CT molecular complexity index is 1610. The summed E-state index contributed by atoms with van der Waals surface area (Å²) in [5.74, 6) is -0.258. The van der Waals surface area contributed by atoms with Crippen molar-refractivity contribution in [2.45, 2.75) is 32.4 Å². The largest absolute Gasteiger partial charge is 0.327 e. The molecule has 192 valence electrons. The average molecular weight is 524 g/mol. The van der Waals surface area contributed by atoms with E-state index < -0.39 is 0 Å². The Balaban J connectivity index is 1.27. The molecule has 5 aromatic rings. The third-order valence-corrected chi connectivity index (χ3v) is 7.66. The number of nitrogens with zero attached hydrogens (tertiary/aromatic N) is 5. The number of carbonyl (C=O) groups is 1. The first kappa shape index (κ1) is 24.4. The van der Waals surface area contributed by atoms with Crippen LogP contribution in [0.2, 0.25) is 0 Å². The van der Waals surface area contributed by atoms with Gasteiger partial charge in [-0.1, -0.05) is 6.07 Å². The molecule has 1 unspecified atom stereocenters. The highest BCUT2D eigenvalue weighted by Crippen LogP contribution is 2.27. The summed E-state index contributed by atoms with van der Waals surface area (Å²) in [6, 6.07) is 16.2. The number of nitrogens with two attached hydrogens (primary N) is 1. The van der Waals surface area contributed by atoms with Crippen LogP contribution >= 0.6 is 11.3 Å². The van der Waals surface area contributed by atoms with Gasteiger partial charge in [0.2, 0.25) is 0 Å². The molecule has 38 heavy (non-hydrogen) atoms. The van der Waals surface area contributed by atoms with E-state index in [1.165, 1.54) is 0 Å². The van der Waals surface area contributed by atoms with Crippen molar-refractivity contribution in [2.24, 2.45) is 5.73 Å². The van der Waals surface area contributed by atoms with Gasteiger partial charge in [-0.2, -0.15) is 0 Å². The second-order valence-electron chi connectivity index (χ2n) is 9.87. The zero-order chi connectivity index (χ0) is 26.1. The summed E-state index contributed by atoms with van der Waals surface area (Å²) in [6.45, 7) is 4.63. The van der Waals surface area contributed by atoms with Crippen LogP contribution in [-0.2, 0) is 6.54 Å². The maximum absolute atomic E-state index is 13.3. The zero-order valence-electron chi connectivity index (χ0n) is 21.2. The van der Waals surface area contributed by atoms with Gasteiger partial charge in [-0.25, -0.2) is 9.97 Å². The molecule has 1 atom stereocenters. The minimum absolute atomic E-state index is 0.206. The van der Waals surface area contributed by atoms with E-state index in [-0.39, 0.29) is 11.9 Å².